The summed E-state index contributed by atoms with van der Waals surface area (Å²) in [6, 6.07) is 5.81. The zero-order valence-electron chi connectivity index (χ0n) is 10.4. The van der Waals surface area contributed by atoms with Crippen LogP contribution in [0.1, 0.15) is 25.3 Å². The molecular weight excluding hydrogens is 288 g/mol. The van der Waals surface area contributed by atoms with Crippen LogP contribution in [0.5, 0.6) is 0 Å². The van der Waals surface area contributed by atoms with Crippen molar-refractivity contribution in [3.63, 3.8) is 0 Å². The van der Waals surface area contributed by atoms with Crippen LogP contribution in [-0.2, 0) is 10.0 Å². The van der Waals surface area contributed by atoms with E-state index >= 15 is 0 Å². The highest BCUT2D eigenvalue weighted by molar-refractivity contribution is 7.89. The standard InChI is InChI=1S/C12H15ClN2O3S/c1-2-3-11(16)8-15-19(17,18)12-6-10(13)5-4-9(12)7-14/h4-6,11,15-16H,2-3,8H2,1H3. The molecule has 0 saturated carbocycles. The van der Waals surface area contributed by atoms with Crippen LogP contribution >= 0.6 is 11.6 Å². The number of aliphatic hydroxyl groups excluding tert-OH is 1. The van der Waals surface area contributed by atoms with Gasteiger partial charge in [-0.05, 0) is 24.6 Å². The fourth-order valence-electron chi connectivity index (χ4n) is 1.53. The van der Waals surface area contributed by atoms with Crippen molar-refractivity contribution in [1.29, 1.82) is 5.26 Å². The quantitative estimate of drug-likeness (QED) is 0.836. The van der Waals surface area contributed by atoms with Crippen LogP contribution < -0.4 is 4.72 Å². The summed E-state index contributed by atoms with van der Waals surface area (Å²) in [7, 11) is -3.86. The molecule has 0 radical (unpaired) electrons. The Bertz CT molecular complexity index is 581. The lowest BCUT2D eigenvalue weighted by Gasteiger charge is -2.12. The second kappa shape index (κ2) is 6.87. The average molecular weight is 303 g/mol. The van der Waals surface area contributed by atoms with E-state index < -0.39 is 16.1 Å². The first kappa shape index (κ1) is 15.9. The second-order valence-electron chi connectivity index (χ2n) is 4.05. The van der Waals surface area contributed by atoms with E-state index in [1.807, 2.05) is 6.92 Å². The van der Waals surface area contributed by atoms with Crippen LogP contribution in [0.15, 0.2) is 23.1 Å². The topological polar surface area (TPSA) is 90.2 Å². The van der Waals surface area contributed by atoms with Gasteiger partial charge in [-0.2, -0.15) is 5.26 Å². The molecule has 0 aliphatic heterocycles. The molecule has 1 rings (SSSR count). The van der Waals surface area contributed by atoms with Gasteiger partial charge in [-0.3, -0.25) is 0 Å². The Balaban J connectivity index is 2.95. The van der Waals surface area contributed by atoms with E-state index in [2.05, 4.69) is 4.72 Å². The summed E-state index contributed by atoms with van der Waals surface area (Å²) in [6.45, 7) is 1.80. The number of aliphatic hydroxyl groups is 1. The van der Waals surface area contributed by atoms with Crippen molar-refractivity contribution >= 4 is 21.6 Å². The van der Waals surface area contributed by atoms with Crippen LogP contribution in [0.3, 0.4) is 0 Å². The Hall–Kier alpha value is -1.13. The van der Waals surface area contributed by atoms with E-state index in [4.69, 9.17) is 16.9 Å². The van der Waals surface area contributed by atoms with Gasteiger partial charge in [0.05, 0.1) is 11.7 Å². The molecule has 0 aromatic heterocycles. The van der Waals surface area contributed by atoms with Gasteiger partial charge in [0.2, 0.25) is 10.0 Å². The van der Waals surface area contributed by atoms with Crippen molar-refractivity contribution in [3.05, 3.63) is 28.8 Å². The second-order valence-corrected chi connectivity index (χ2v) is 6.22. The smallest absolute Gasteiger partial charge is 0.242 e. The molecule has 19 heavy (non-hydrogen) atoms. The van der Waals surface area contributed by atoms with Crippen LogP contribution in [0, 0.1) is 11.3 Å². The van der Waals surface area contributed by atoms with E-state index in [0.29, 0.717) is 6.42 Å². The van der Waals surface area contributed by atoms with E-state index in [1.165, 1.54) is 18.2 Å². The molecule has 1 aromatic carbocycles. The maximum absolute atomic E-state index is 12.0. The Morgan fingerprint density at radius 3 is 2.79 bits per heavy atom. The molecule has 2 N–H and O–H groups in total. The lowest BCUT2D eigenvalue weighted by molar-refractivity contribution is 0.167. The van der Waals surface area contributed by atoms with Crippen molar-refractivity contribution in [1.82, 2.24) is 4.72 Å². The summed E-state index contributed by atoms with van der Waals surface area (Å²) >= 11 is 5.74. The van der Waals surface area contributed by atoms with Gasteiger partial charge in [-0.1, -0.05) is 24.9 Å². The summed E-state index contributed by atoms with van der Waals surface area (Å²) in [5.41, 5.74) is 0.0156. The Morgan fingerprint density at radius 2 is 2.21 bits per heavy atom. The summed E-state index contributed by atoms with van der Waals surface area (Å²) < 4.78 is 26.4. The summed E-state index contributed by atoms with van der Waals surface area (Å²) in [4.78, 5) is -0.175. The molecule has 0 amide bonds. The van der Waals surface area contributed by atoms with E-state index in [9.17, 15) is 13.5 Å². The van der Waals surface area contributed by atoms with Gasteiger partial charge < -0.3 is 5.11 Å². The van der Waals surface area contributed by atoms with Gasteiger partial charge >= 0.3 is 0 Å². The highest BCUT2D eigenvalue weighted by atomic mass is 35.5. The fourth-order valence-corrected chi connectivity index (χ4v) is 3.02. The molecule has 0 aliphatic rings. The number of hydrogen-bond donors (Lipinski definition) is 2. The molecule has 0 saturated heterocycles. The monoisotopic (exact) mass is 302 g/mol. The number of nitriles is 1. The minimum Gasteiger partial charge on any atom is -0.392 e. The molecule has 1 aromatic rings. The zero-order chi connectivity index (χ0) is 14.5. The van der Waals surface area contributed by atoms with Crippen molar-refractivity contribution in [2.24, 2.45) is 0 Å². The molecule has 1 unspecified atom stereocenters. The summed E-state index contributed by atoms with van der Waals surface area (Å²) in [5.74, 6) is 0. The molecule has 7 heteroatoms. The molecular formula is C12H15ClN2O3S. The minimum atomic E-state index is -3.86. The number of benzene rings is 1. The predicted octanol–water partition coefficient (Wildman–Crippen LogP) is 1.65. The summed E-state index contributed by atoms with van der Waals surface area (Å²) in [6.07, 6.45) is 0.511. The zero-order valence-corrected chi connectivity index (χ0v) is 12.0. The molecule has 0 bridgehead atoms. The number of sulfonamides is 1. The third-order valence-electron chi connectivity index (χ3n) is 2.48. The van der Waals surface area contributed by atoms with Gasteiger partial charge in [-0.25, -0.2) is 13.1 Å². The van der Waals surface area contributed by atoms with E-state index in [0.717, 1.165) is 6.42 Å². The molecule has 0 aliphatic carbocycles. The largest absolute Gasteiger partial charge is 0.392 e. The lowest BCUT2D eigenvalue weighted by atomic mass is 10.2. The Kier molecular flexibility index (Phi) is 5.76. The SMILES string of the molecule is CCCC(O)CNS(=O)(=O)c1cc(Cl)ccc1C#N. The first-order valence-electron chi connectivity index (χ1n) is 5.78. The van der Waals surface area contributed by atoms with Crippen molar-refractivity contribution in [2.45, 2.75) is 30.8 Å². The van der Waals surface area contributed by atoms with Gasteiger partial charge in [0.1, 0.15) is 11.0 Å². The normalized spacial score (nSPS) is 12.9. The number of nitrogens with one attached hydrogen (secondary N) is 1. The van der Waals surface area contributed by atoms with Crippen molar-refractivity contribution in [3.8, 4) is 6.07 Å². The molecule has 0 heterocycles. The van der Waals surface area contributed by atoms with Crippen LogP contribution in [0.4, 0.5) is 0 Å². The number of hydrogen-bond acceptors (Lipinski definition) is 4. The predicted molar refractivity (Wildman–Crippen MR) is 72.3 cm³/mol. The molecule has 0 spiro atoms. The molecule has 0 fully saturated rings. The van der Waals surface area contributed by atoms with Crippen LogP contribution in [0.25, 0.3) is 0 Å². The van der Waals surface area contributed by atoms with Crippen molar-refractivity contribution in [2.75, 3.05) is 6.54 Å². The van der Waals surface area contributed by atoms with E-state index in [1.54, 1.807) is 6.07 Å². The van der Waals surface area contributed by atoms with Crippen LogP contribution in [0.2, 0.25) is 5.02 Å². The van der Waals surface area contributed by atoms with Crippen LogP contribution in [-0.4, -0.2) is 26.2 Å². The van der Waals surface area contributed by atoms with Gasteiger partial charge in [-0.15, -0.1) is 0 Å². The lowest BCUT2D eigenvalue weighted by Crippen LogP contribution is -2.32. The van der Waals surface area contributed by atoms with Crippen molar-refractivity contribution < 1.29 is 13.5 Å². The molecule has 5 nitrogen and oxygen atoms in total. The van der Waals surface area contributed by atoms with Gasteiger partial charge in [0, 0.05) is 11.6 Å². The third kappa shape index (κ3) is 4.48. The van der Waals surface area contributed by atoms with Gasteiger partial charge in [0.25, 0.3) is 0 Å². The first-order valence-corrected chi connectivity index (χ1v) is 7.64. The maximum atomic E-state index is 12.0. The Labute approximate surface area is 117 Å². The molecule has 1 atom stereocenters. The van der Waals surface area contributed by atoms with Gasteiger partial charge in [0.15, 0.2) is 0 Å². The average Bonchev–Trinajstić information content (AvgIpc) is 2.37. The highest BCUT2D eigenvalue weighted by Gasteiger charge is 2.20. The minimum absolute atomic E-state index is 0.0156. The molecule has 104 valence electrons. The summed E-state index contributed by atoms with van der Waals surface area (Å²) in [5, 5.41) is 18.7. The van der Waals surface area contributed by atoms with E-state index in [-0.39, 0.29) is 22.0 Å². The number of rotatable bonds is 6. The third-order valence-corrected chi connectivity index (χ3v) is 4.18. The number of nitrogens with zero attached hydrogens (tertiary/aromatic N) is 1. The first-order chi connectivity index (χ1) is 8.90. The fraction of sp³-hybridized carbons (Fsp3) is 0.417. The Morgan fingerprint density at radius 1 is 1.53 bits per heavy atom. The number of halogens is 1. The maximum Gasteiger partial charge on any atom is 0.242 e. The highest BCUT2D eigenvalue weighted by Crippen LogP contribution is 2.20.